The summed E-state index contributed by atoms with van der Waals surface area (Å²) in [5, 5.41) is 13.4. The molecule has 6 heteroatoms. The van der Waals surface area contributed by atoms with E-state index in [1.165, 1.54) is 13.8 Å². The Balaban J connectivity index is 2.76. The van der Waals surface area contributed by atoms with E-state index >= 15 is 0 Å². The standard InChI is InChI=1S/C15H18N2O4/c1-8-5-6-12(9(2)7-8)16-15(21)17-13(18)10(3)11(4)14(19)20/h5-7H,1-4H3,(H,19,20)(H2,16,17,18,21). The molecule has 0 saturated carbocycles. The minimum atomic E-state index is -1.20. The molecule has 0 aliphatic rings. The second kappa shape index (κ2) is 6.69. The van der Waals surface area contributed by atoms with Gasteiger partial charge in [0.15, 0.2) is 0 Å². The zero-order valence-electron chi connectivity index (χ0n) is 12.4. The summed E-state index contributed by atoms with van der Waals surface area (Å²) in [5.74, 6) is -1.94. The summed E-state index contributed by atoms with van der Waals surface area (Å²) in [5.41, 5.74) is 2.39. The van der Waals surface area contributed by atoms with E-state index in [9.17, 15) is 14.4 Å². The maximum atomic E-state index is 11.7. The number of carbonyl (C=O) groups excluding carboxylic acids is 2. The van der Waals surface area contributed by atoms with Crippen LogP contribution in [-0.4, -0.2) is 23.0 Å². The maximum Gasteiger partial charge on any atom is 0.331 e. The number of rotatable bonds is 3. The Hall–Kier alpha value is -2.63. The van der Waals surface area contributed by atoms with Crippen LogP contribution in [0.3, 0.4) is 0 Å². The molecule has 0 spiro atoms. The summed E-state index contributed by atoms with van der Waals surface area (Å²) < 4.78 is 0. The quantitative estimate of drug-likeness (QED) is 0.745. The van der Waals surface area contributed by atoms with E-state index in [1.807, 2.05) is 26.0 Å². The molecule has 0 bridgehead atoms. The third-order valence-corrected chi connectivity index (χ3v) is 3.08. The lowest BCUT2D eigenvalue weighted by Gasteiger charge is -2.10. The van der Waals surface area contributed by atoms with Crippen molar-refractivity contribution in [2.75, 3.05) is 5.32 Å². The maximum absolute atomic E-state index is 11.7. The van der Waals surface area contributed by atoms with Gasteiger partial charge in [0.25, 0.3) is 5.91 Å². The molecule has 1 aromatic rings. The number of benzene rings is 1. The Bertz CT molecular complexity index is 633. The normalized spacial score (nSPS) is 11.4. The van der Waals surface area contributed by atoms with Gasteiger partial charge >= 0.3 is 12.0 Å². The highest BCUT2D eigenvalue weighted by atomic mass is 16.4. The molecule has 0 fully saturated rings. The van der Waals surface area contributed by atoms with Gasteiger partial charge in [0.05, 0.1) is 0 Å². The summed E-state index contributed by atoms with van der Waals surface area (Å²) in [6.07, 6.45) is 0. The Morgan fingerprint density at radius 3 is 2.19 bits per heavy atom. The van der Waals surface area contributed by atoms with Gasteiger partial charge in [-0.25, -0.2) is 9.59 Å². The number of hydrogen-bond acceptors (Lipinski definition) is 3. The first-order valence-corrected chi connectivity index (χ1v) is 6.32. The van der Waals surface area contributed by atoms with Gasteiger partial charge in [0.2, 0.25) is 0 Å². The molecule has 1 rings (SSSR count). The van der Waals surface area contributed by atoms with Crippen LogP contribution in [0.5, 0.6) is 0 Å². The second-order valence-corrected chi connectivity index (χ2v) is 4.78. The molecular formula is C15H18N2O4. The van der Waals surface area contributed by atoms with Crippen LogP contribution in [-0.2, 0) is 9.59 Å². The van der Waals surface area contributed by atoms with E-state index in [0.717, 1.165) is 11.1 Å². The van der Waals surface area contributed by atoms with E-state index in [4.69, 9.17) is 5.11 Å². The zero-order chi connectivity index (χ0) is 16.2. The molecule has 6 nitrogen and oxygen atoms in total. The molecule has 1 aromatic carbocycles. The number of carboxylic acid groups (broad SMARTS) is 1. The number of imide groups is 1. The average molecular weight is 290 g/mol. The Labute approximate surface area is 122 Å². The molecule has 112 valence electrons. The summed E-state index contributed by atoms with van der Waals surface area (Å²) in [6, 6.07) is 4.77. The van der Waals surface area contributed by atoms with Crippen LogP contribution < -0.4 is 10.6 Å². The smallest absolute Gasteiger partial charge is 0.331 e. The number of urea groups is 1. The van der Waals surface area contributed by atoms with E-state index in [2.05, 4.69) is 10.6 Å². The van der Waals surface area contributed by atoms with Crippen molar-refractivity contribution in [3.8, 4) is 0 Å². The van der Waals surface area contributed by atoms with E-state index in [-0.39, 0.29) is 11.1 Å². The first-order valence-electron chi connectivity index (χ1n) is 6.32. The highest BCUT2D eigenvalue weighted by Gasteiger charge is 2.15. The van der Waals surface area contributed by atoms with Gasteiger partial charge in [-0.1, -0.05) is 17.7 Å². The number of anilines is 1. The lowest BCUT2D eigenvalue weighted by molar-refractivity contribution is -0.133. The molecular weight excluding hydrogens is 272 g/mol. The van der Waals surface area contributed by atoms with Crippen LogP contribution in [0.15, 0.2) is 29.3 Å². The number of amides is 3. The topological polar surface area (TPSA) is 95.5 Å². The minimum absolute atomic E-state index is 0.0155. The summed E-state index contributed by atoms with van der Waals surface area (Å²) >= 11 is 0. The number of carboxylic acids is 1. The van der Waals surface area contributed by atoms with Crippen molar-refractivity contribution >= 4 is 23.6 Å². The van der Waals surface area contributed by atoms with Gasteiger partial charge in [0.1, 0.15) is 0 Å². The minimum Gasteiger partial charge on any atom is -0.478 e. The van der Waals surface area contributed by atoms with Gasteiger partial charge in [0, 0.05) is 16.8 Å². The zero-order valence-corrected chi connectivity index (χ0v) is 12.4. The van der Waals surface area contributed by atoms with Crippen molar-refractivity contribution in [3.63, 3.8) is 0 Å². The van der Waals surface area contributed by atoms with Crippen molar-refractivity contribution < 1.29 is 19.5 Å². The molecule has 3 amide bonds. The highest BCUT2D eigenvalue weighted by molar-refractivity contribution is 6.10. The van der Waals surface area contributed by atoms with Crippen molar-refractivity contribution in [2.24, 2.45) is 0 Å². The van der Waals surface area contributed by atoms with Gasteiger partial charge in [-0.15, -0.1) is 0 Å². The van der Waals surface area contributed by atoms with Crippen molar-refractivity contribution in [2.45, 2.75) is 27.7 Å². The lowest BCUT2D eigenvalue weighted by Crippen LogP contribution is -2.35. The Morgan fingerprint density at radius 1 is 1.05 bits per heavy atom. The summed E-state index contributed by atoms with van der Waals surface area (Å²) in [6.45, 7) is 6.43. The predicted molar refractivity (Wildman–Crippen MR) is 79.1 cm³/mol. The highest BCUT2D eigenvalue weighted by Crippen LogP contribution is 2.15. The molecule has 0 aliphatic carbocycles. The Kier molecular flexibility index (Phi) is 5.24. The third-order valence-electron chi connectivity index (χ3n) is 3.08. The monoisotopic (exact) mass is 290 g/mol. The molecule has 0 aromatic heterocycles. The largest absolute Gasteiger partial charge is 0.478 e. The van der Waals surface area contributed by atoms with Crippen LogP contribution >= 0.6 is 0 Å². The van der Waals surface area contributed by atoms with Crippen LogP contribution in [0.2, 0.25) is 0 Å². The number of aliphatic carboxylic acids is 1. The van der Waals surface area contributed by atoms with Crippen LogP contribution in [0.4, 0.5) is 10.5 Å². The molecule has 0 heterocycles. The van der Waals surface area contributed by atoms with E-state index < -0.39 is 17.9 Å². The molecule has 0 atom stereocenters. The third kappa shape index (κ3) is 4.45. The fraction of sp³-hybridized carbons (Fsp3) is 0.267. The Morgan fingerprint density at radius 2 is 1.67 bits per heavy atom. The van der Waals surface area contributed by atoms with Crippen molar-refractivity contribution in [1.29, 1.82) is 0 Å². The molecule has 0 aliphatic heterocycles. The van der Waals surface area contributed by atoms with Gasteiger partial charge < -0.3 is 10.4 Å². The van der Waals surface area contributed by atoms with Gasteiger partial charge in [-0.05, 0) is 39.3 Å². The van der Waals surface area contributed by atoms with E-state index in [1.54, 1.807) is 6.07 Å². The fourth-order valence-electron chi connectivity index (χ4n) is 1.63. The molecule has 21 heavy (non-hydrogen) atoms. The van der Waals surface area contributed by atoms with Crippen LogP contribution in [0.25, 0.3) is 0 Å². The summed E-state index contributed by atoms with van der Waals surface area (Å²) in [4.78, 5) is 34.2. The van der Waals surface area contributed by atoms with Crippen molar-refractivity contribution in [1.82, 2.24) is 5.32 Å². The summed E-state index contributed by atoms with van der Waals surface area (Å²) in [7, 11) is 0. The van der Waals surface area contributed by atoms with Crippen molar-refractivity contribution in [3.05, 3.63) is 40.5 Å². The number of aryl methyl sites for hydroxylation is 2. The number of hydrogen-bond donors (Lipinski definition) is 3. The fourth-order valence-corrected chi connectivity index (χ4v) is 1.63. The van der Waals surface area contributed by atoms with E-state index in [0.29, 0.717) is 5.69 Å². The van der Waals surface area contributed by atoms with Gasteiger partial charge in [-0.2, -0.15) is 0 Å². The molecule has 3 N–H and O–H groups in total. The number of carbonyl (C=O) groups is 3. The van der Waals surface area contributed by atoms with Gasteiger partial charge in [-0.3, -0.25) is 10.1 Å². The SMILES string of the molecule is CC(C(=O)O)=C(C)C(=O)NC(=O)Nc1ccc(C)cc1C. The first-order chi connectivity index (χ1) is 9.72. The lowest BCUT2D eigenvalue weighted by atomic mass is 10.1. The first kappa shape index (κ1) is 16.4. The predicted octanol–water partition coefficient (Wildman–Crippen LogP) is 2.37. The molecule has 0 radical (unpaired) electrons. The van der Waals surface area contributed by atoms with Crippen LogP contribution in [0, 0.1) is 13.8 Å². The molecule has 0 saturated heterocycles. The average Bonchev–Trinajstić information content (AvgIpc) is 2.40. The number of nitrogens with one attached hydrogen (secondary N) is 2. The van der Waals surface area contributed by atoms with Crippen LogP contribution in [0.1, 0.15) is 25.0 Å². The second-order valence-electron chi connectivity index (χ2n) is 4.78. The molecule has 0 unspecified atom stereocenters.